The first-order valence-corrected chi connectivity index (χ1v) is 13.3. The van der Waals surface area contributed by atoms with Gasteiger partial charge in [-0.1, -0.05) is 30.4 Å². The number of anilines is 1. The van der Waals surface area contributed by atoms with Crippen molar-refractivity contribution in [2.24, 2.45) is 0 Å². The summed E-state index contributed by atoms with van der Waals surface area (Å²) in [4.78, 5) is 17.9. The first-order chi connectivity index (χ1) is 19.4. The van der Waals surface area contributed by atoms with Gasteiger partial charge < -0.3 is 19.3 Å². The quantitative estimate of drug-likeness (QED) is 0.313. The van der Waals surface area contributed by atoms with Crippen LogP contribution in [0.15, 0.2) is 76.1 Å². The van der Waals surface area contributed by atoms with E-state index in [0.29, 0.717) is 61.0 Å². The van der Waals surface area contributed by atoms with Crippen LogP contribution in [0.25, 0.3) is 0 Å². The second-order valence-electron chi connectivity index (χ2n) is 10.5. The van der Waals surface area contributed by atoms with Crippen LogP contribution >= 0.6 is 0 Å². The SMILES string of the molecule is CC(C)(OC1=CC(CCCN(Cc2ccc(C(F)(F)F)cc2)c2noc(C3C=CC(C#N)=CC3)n2)=CCC1)C(=O)O. The summed E-state index contributed by atoms with van der Waals surface area (Å²) < 4.78 is 50.4. The average molecular weight is 569 g/mol. The van der Waals surface area contributed by atoms with Crippen LogP contribution in [0, 0.1) is 11.3 Å². The van der Waals surface area contributed by atoms with Gasteiger partial charge in [-0.2, -0.15) is 23.4 Å². The van der Waals surface area contributed by atoms with Crippen LogP contribution in [-0.2, 0) is 22.3 Å². The number of carbonyl (C=O) groups is 1. The lowest BCUT2D eigenvalue weighted by molar-refractivity contribution is -0.157. The Labute approximate surface area is 236 Å². The molecule has 2 aliphatic carbocycles. The topological polar surface area (TPSA) is 112 Å². The fourth-order valence-corrected chi connectivity index (χ4v) is 4.50. The van der Waals surface area contributed by atoms with E-state index in [-0.39, 0.29) is 12.5 Å². The van der Waals surface area contributed by atoms with E-state index in [1.165, 1.54) is 26.0 Å². The van der Waals surface area contributed by atoms with E-state index < -0.39 is 23.3 Å². The molecule has 11 heteroatoms. The summed E-state index contributed by atoms with van der Waals surface area (Å²) >= 11 is 0. The van der Waals surface area contributed by atoms with Crippen molar-refractivity contribution < 1.29 is 32.3 Å². The Balaban J connectivity index is 1.46. The molecule has 1 heterocycles. The zero-order valence-corrected chi connectivity index (χ0v) is 22.8. The van der Waals surface area contributed by atoms with Crippen molar-refractivity contribution in [1.29, 1.82) is 5.26 Å². The first kappa shape index (κ1) is 29.6. The van der Waals surface area contributed by atoms with Gasteiger partial charge in [-0.05, 0) is 80.1 Å². The molecule has 0 amide bonds. The van der Waals surface area contributed by atoms with E-state index in [0.717, 1.165) is 24.1 Å². The Morgan fingerprint density at radius 1 is 1.24 bits per heavy atom. The van der Waals surface area contributed by atoms with Crippen molar-refractivity contribution in [2.75, 3.05) is 11.4 Å². The molecule has 0 fully saturated rings. The molecule has 216 valence electrons. The minimum atomic E-state index is -4.42. The van der Waals surface area contributed by atoms with Crippen LogP contribution < -0.4 is 4.90 Å². The maximum absolute atomic E-state index is 13.1. The van der Waals surface area contributed by atoms with E-state index >= 15 is 0 Å². The number of carboxylic acids is 1. The molecule has 2 aromatic rings. The highest BCUT2D eigenvalue weighted by Crippen LogP contribution is 2.31. The highest BCUT2D eigenvalue weighted by molar-refractivity contribution is 5.76. The summed E-state index contributed by atoms with van der Waals surface area (Å²) in [6, 6.07) is 7.08. The van der Waals surface area contributed by atoms with E-state index in [1.807, 2.05) is 17.1 Å². The number of benzene rings is 1. The highest BCUT2D eigenvalue weighted by Gasteiger charge is 2.31. The molecular formula is C30H31F3N4O4. The third kappa shape index (κ3) is 7.87. The second-order valence-corrected chi connectivity index (χ2v) is 10.5. The normalized spacial score (nSPS) is 17.3. The van der Waals surface area contributed by atoms with Crippen molar-refractivity contribution in [3.8, 4) is 6.07 Å². The summed E-state index contributed by atoms with van der Waals surface area (Å²) in [5, 5.41) is 22.6. The number of nitrogens with zero attached hydrogens (tertiary/aromatic N) is 4. The van der Waals surface area contributed by atoms with E-state index in [2.05, 4.69) is 22.3 Å². The van der Waals surface area contributed by atoms with Crippen molar-refractivity contribution in [2.45, 2.75) is 70.2 Å². The molecule has 1 N–H and O–H groups in total. The largest absolute Gasteiger partial charge is 0.480 e. The number of aromatic nitrogens is 2. The maximum Gasteiger partial charge on any atom is 0.416 e. The minimum absolute atomic E-state index is 0.174. The van der Waals surface area contributed by atoms with Gasteiger partial charge in [-0.25, -0.2) is 4.79 Å². The molecule has 0 radical (unpaired) electrons. The number of aliphatic carboxylic acids is 1. The van der Waals surface area contributed by atoms with Gasteiger partial charge in [0, 0.05) is 25.1 Å². The molecular weight excluding hydrogens is 537 g/mol. The van der Waals surface area contributed by atoms with Gasteiger partial charge in [0.15, 0.2) is 5.60 Å². The third-order valence-electron chi connectivity index (χ3n) is 6.85. The molecule has 0 saturated carbocycles. The molecule has 0 saturated heterocycles. The fraction of sp³-hybridized carbons (Fsp3) is 0.400. The second kappa shape index (κ2) is 12.5. The van der Waals surface area contributed by atoms with Crippen molar-refractivity contribution in [3.05, 3.63) is 88.6 Å². The lowest BCUT2D eigenvalue weighted by Crippen LogP contribution is -2.34. The Morgan fingerprint density at radius 2 is 2.00 bits per heavy atom. The molecule has 0 spiro atoms. The van der Waals surface area contributed by atoms with Gasteiger partial charge in [0.1, 0.15) is 0 Å². The minimum Gasteiger partial charge on any atom is -0.480 e. The Morgan fingerprint density at radius 3 is 2.63 bits per heavy atom. The predicted molar refractivity (Wildman–Crippen MR) is 144 cm³/mol. The molecule has 8 nitrogen and oxygen atoms in total. The molecule has 2 aliphatic rings. The molecule has 1 aromatic carbocycles. The summed E-state index contributed by atoms with van der Waals surface area (Å²) in [6.45, 7) is 3.77. The highest BCUT2D eigenvalue weighted by atomic mass is 19.4. The van der Waals surface area contributed by atoms with Gasteiger partial charge in [0.25, 0.3) is 5.95 Å². The number of hydrogen-bond donors (Lipinski definition) is 1. The van der Waals surface area contributed by atoms with Gasteiger partial charge in [-0.15, -0.1) is 0 Å². The Kier molecular flexibility index (Phi) is 9.01. The molecule has 41 heavy (non-hydrogen) atoms. The van der Waals surface area contributed by atoms with Gasteiger partial charge in [-0.3, -0.25) is 0 Å². The van der Waals surface area contributed by atoms with Crippen molar-refractivity contribution in [1.82, 2.24) is 10.1 Å². The van der Waals surface area contributed by atoms with Crippen LogP contribution in [0.2, 0.25) is 0 Å². The number of hydrogen-bond acceptors (Lipinski definition) is 7. The number of alkyl halides is 3. The monoisotopic (exact) mass is 568 g/mol. The predicted octanol–water partition coefficient (Wildman–Crippen LogP) is 6.85. The van der Waals surface area contributed by atoms with Gasteiger partial charge >= 0.3 is 12.1 Å². The zero-order valence-electron chi connectivity index (χ0n) is 22.8. The number of rotatable bonds is 11. The van der Waals surface area contributed by atoms with Crippen molar-refractivity contribution in [3.63, 3.8) is 0 Å². The number of carboxylic acid groups (broad SMARTS) is 1. The lowest BCUT2D eigenvalue weighted by atomic mass is 9.97. The van der Waals surface area contributed by atoms with E-state index in [9.17, 15) is 23.1 Å². The number of halogens is 3. The lowest BCUT2D eigenvalue weighted by Gasteiger charge is -2.25. The zero-order chi connectivity index (χ0) is 29.6. The number of allylic oxidation sites excluding steroid dienone is 8. The van der Waals surface area contributed by atoms with Crippen LogP contribution in [0.4, 0.5) is 19.1 Å². The third-order valence-corrected chi connectivity index (χ3v) is 6.85. The Hall–Kier alpha value is -4.33. The standard InChI is InChI=1S/C30H31F3N4O4/c1-29(2,27(38)39)40-25-7-3-5-20(17-25)6-4-16-37(19-22-10-14-24(15-11-22)30(31,32)33)28-35-26(41-36-28)23-12-8-21(18-34)9-13-23/h5,8-12,14-15,17,23H,3-4,6-7,13,16,19H2,1-2H3,(H,38,39). The van der Waals surface area contributed by atoms with Crippen LogP contribution in [0.3, 0.4) is 0 Å². The summed E-state index contributed by atoms with van der Waals surface area (Å²) in [6.07, 6.45) is 8.12. The smallest absolute Gasteiger partial charge is 0.416 e. The molecule has 4 rings (SSSR count). The molecule has 1 atom stereocenters. The van der Waals surface area contributed by atoms with E-state index in [1.54, 1.807) is 12.2 Å². The average Bonchev–Trinajstić information content (AvgIpc) is 3.43. The summed E-state index contributed by atoms with van der Waals surface area (Å²) in [5.74, 6) is 0.116. The molecule has 1 unspecified atom stereocenters. The maximum atomic E-state index is 13.1. The number of ether oxygens (including phenoxy) is 1. The molecule has 1 aromatic heterocycles. The van der Waals surface area contributed by atoms with Gasteiger partial charge in [0.2, 0.25) is 5.89 Å². The van der Waals surface area contributed by atoms with Crippen LogP contribution in [0.1, 0.15) is 68.9 Å². The van der Waals surface area contributed by atoms with Crippen LogP contribution in [-0.4, -0.2) is 33.4 Å². The summed E-state index contributed by atoms with van der Waals surface area (Å²) in [5.41, 5.74) is 0.192. The summed E-state index contributed by atoms with van der Waals surface area (Å²) in [7, 11) is 0. The molecule has 0 bridgehead atoms. The Bertz CT molecular complexity index is 1410. The van der Waals surface area contributed by atoms with Gasteiger partial charge in [0.05, 0.1) is 23.3 Å². The molecule has 0 aliphatic heterocycles. The van der Waals surface area contributed by atoms with Crippen LogP contribution in [0.5, 0.6) is 0 Å². The number of nitriles is 1. The van der Waals surface area contributed by atoms with Crippen molar-refractivity contribution >= 4 is 11.9 Å². The fourth-order valence-electron chi connectivity index (χ4n) is 4.50. The first-order valence-electron chi connectivity index (χ1n) is 13.3. The van der Waals surface area contributed by atoms with E-state index in [4.69, 9.17) is 14.5 Å².